The number of rotatable bonds is 2. The van der Waals surface area contributed by atoms with Crippen LogP contribution in [0.5, 0.6) is 11.5 Å². The molecule has 0 fully saturated rings. The Morgan fingerprint density at radius 3 is 2.45 bits per heavy atom. The Bertz CT molecular complexity index is 1390. The Labute approximate surface area is 167 Å². The zero-order valence-electron chi connectivity index (χ0n) is 15.5. The third-order valence-electron chi connectivity index (χ3n) is 5.31. The molecule has 0 atom stereocenters. The molecule has 1 aliphatic rings. The first-order valence-electron chi connectivity index (χ1n) is 9.48. The minimum absolute atomic E-state index is 0.271. The molecular weight excluding hydrogens is 360 g/mol. The SMILES string of the molecule is c1ccc2ncc(-c3ccc4cnc(-c5ccc6c(c5)OCO6)cc4c3)cc2c1. The topological polar surface area (TPSA) is 44.2 Å². The van der Waals surface area contributed by atoms with Crippen molar-refractivity contribution in [2.75, 3.05) is 6.79 Å². The number of ether oxygens (including phenoxy) is 2. The Hall–Kier alpha value is -3.92. The van der Waals surface area contributed by atoms with E-state index in [-0.39, 0.29) is 6.79 Å². The van der Waals surface area contributed by atoms with Crippen molar-refractivity contribution in [3.63, 3.8) is 0 Å². The van der Waals surface area contributed by atoms with Crippen LogP contribution < -0.4 is 9.47 Å². The molecule has 0 aliphatic carbocycles. The Morgan fingerprint density at radius 1 is 0.586 bits per heavy atom. The summed E-state index contributed by atoms with van der Waals surface area (Å²) in [5.74, 6) is 1.54. The largest absolute Gasteiger partial charge is 0.454 e. The zero-order valence-corrected chi connectivity index (χ0v) is 15.5. The van der Waals surface area contributed by atoms with Crippen LogP contribution in [0, 0.1) is 0 Å². The molecule has 6 rings (SSSR count). The van der Waals surface area contributed by atoms with E-state index in [0.29, 0.717) is 0 Å². The van der Waals surface area contributed by atoms with Crippen LogP contribution in [0.2, 0.25) is 0 Å². The fourth-order valence-electron chi connectivity index (χ4n) is 3.76. The maximum atomic E-state index is 5.50. The predicted molar refractivity (Wildman–Crippen MR) is 114 cm³/mol. The van der Waals surface area contributed by atoms with Gasteiger partial charge in [-0.25, -0.2) is 0 Å². The van der Waals surface area contributed by atoms with Crippen LogP contribution in [0.25, 0.3) is 44.1 Å². The molecule has 0 spiro atoms. The average Bonchev–Trinajstić information content (AvgIpc) is 3.26. The minimum Gasteiger partial charge on any atom is -0.454 e. The molecule has 3 heterocycles. The van der Waals surface area contributed by atoms with E-state index in [1.807, 2.05) is 48.8 Å². The maximum Gasteiger partial charge on any atom is 0.231 e. The number of benzene rings is 3. The molecular formula is C25H16N2O2. The van der Waals surface area contributed by atoms with Gasteiger partial charge in [0.05, 0.1) is 11.2 Å². The molecule has 0 bridgehead atoms. The van der Waals surface area contributed by atoms with Crippen molar-refractivity contribution in [3.05, 3.63) is 85.2 Å². The molecule has 3 aromatic carbocycles. The first kappa shape index (κ1) is 16.1. The van der Waals surface area contributed by atoms with Gasteiger partial charge in [-0.15, -0.1) is 0 Å². The average molecular weight is 376 g/mol. The van der Waals surface area contributed by atoms with Crippen LogP contribution in [0.15, 0.2) is 85.2 Å². The molecule has 0 unspecified atom stereocenters. The number of hydrogen-bond acceptors (Lipinski definition) is 4. The van der Waals surface area contributed by atoms with Gasteiger partial charge < -0.3 is 9.47 Å². The van der Waals surface area contributed by atoms with Crippen molar-refractivity contribution in [2.24, 2.45) is 0 Å². The Balaban J connectivity index is 1.44. The van der Waals surface area contributed by atoms with Crippen molar-refractivity contribution in [1.82, 2.24) is 9.97 Å². The third kappa shape index (κ3) is 2.77. The van der Waals surface area contributed by atoms with Crippen molar-refractivity contribution in [3.8, 4) is 33.9 Å². The summed E-state index contributed by atoms with van der Waals surface area (Å²) in [4.78, 5) is 9.24. The molecule has 0 amide bonds. The van der Waals surface area contributed by atoms with Gasteiger partial charge in [-0.05, 0) is 53.4 Å². The van der Waals surface area contributed by atoms with Gasteiger partial charge in [0.15, 0.2) is 11.5 Å². The van der Waals surface area contributed by atoms with Gasteiger partial charge in [0.1, 0.15) is 0 Å². The van der Waals surface area contributed by atoms with Gasteiger partial charge in [-0.1, -0.05) is 30.3 Å². The van der Waals surface area contributed by atoms with Crippen LogP contribution in [0.3, 0.4) is 0 Å². The summed E-state index contributed by atoms with van der Waals surface area (Å²) in [5, 5.41) is 3.38. The number of fused-ring (bicyclic) bond motifs is 3. The first-order chi connectivity index (χ1) is 14.3. The van der Waals surface area contributed by atoms with Crippen molar-refractivity contribution >= 4 is 21.7 Å². The highest BCUT2D eigenvalue weighted by Gasteiger charge is 2.14. The summed E-state index contributed by atoms with van der Waals surface area (Å²) >= 11 is 0. The highest BCUT2D eigenvalue weighted by molar-refractivity contribution is 5.91. The van der Waals surface area contributed by atoms with E-state index in [9.17, 15) is 0 Å². The summed E-state index contributed by atoms with van der Waals surface area (Å²) in [6.07, 6.45) is 3.85. The van der Waals surface area contributed by atoms with Crippen LogP contribution in [-0.4, -0.2) is 16.8 Å². The molecule has 138 valence electrons. The molecule has 2 aromatic heterocycles. The lowest BCUT2D eigenvalue weighted by Crippen LogP contribution is -1.92. The van der Waals surface area contributed by atoms with Crippen LogP contribution >= 0.6 is 0 Å². The van der Waals surface area contributed by atoms with E-state index in [4.69, 9.17) is 9.47 Å². The lowest BCUT2D eigenvalue weighted by Gasteiger charge is -2.08. The van der Waals surface area contributed by atoms with Gasteiger partial charge in [0.2, 0.25) is 6.79 Å². The van der Waals surface area contributed by atoms with Gasteiger partial charge in [-0.3, -0.25) is 9.97 Å². The lowest BCUT2D eigenvalue weighted by atomic mass is 10.0. The summed E-state index contributed by atoms with van der Waals surface area (Å²) < 4.78 is 10.9. The smallest absolute Gasteiger partial charge is 0.231 e. The summed E-state index contributed by atoms with van der Waals surface area (Å²) in [6.45, 7) is 0.271. The lowest BCUT2D eigenvalue weighted by molar-refractivity contribution is 0.174. The van der Waals surface area contributed by atoms with Gasteiger partial charge in [0.25, 0.3) is 0 Å². The van der Waals surface area contributed by atoms with E-state index < -0.39 is 0 Å². The standard InChI is InChI=1S/C25H16N2O2/c1-2-4-22-17(3-1)10-21(14-26-22)16-5-6-19-13-27-23(11-20(19)9-16)18-7-8-24-25(12-18)29-15-28-24/h1-14H,15H2. The summed E-state index contributed by atoms with van der Waals surface area (Å²) in [5.41, 5.74) is 5.16. The first-order valence-corrected chi connectivity index (χ1v) is 9.48. The Kier molecular flexibility index (Phi) is 3.50. The summed E-state index contributed by atoms with van der Waals surface area (Å²) in [7, 11) is 0. The molecule has 29 heavy (non-hydrogen) atoms. The maximum absolute atomic E-state index is 5.50. The highest BCUT2D eigenvalue weighted by atomic mass is 16.7. The number of aromatic nitrogens is 2. The predicted octanol–water partition coefficient (Wildman–Crippen LogP) is 5.85. The zero-order chi connectivity index (χ0) is 19.2. The molecule has 4 heteroatoms. The number of pyridine rings is 2. The van der Waals surface area contributed by atoms with E-state index in [2.05, 4.69) is 46.4 Å². The minimum atomic E-state index is 0.271. The van der Waals surface area contributed by atoms with E-state index in [0.717, 1.165) is 55.6 Å². The highest BCUT2D eigenvalue weighted by Crippen LogP contribution is 2.36. The third-order valence-corrected chi connectivity index (χ3v) is 5.31. The molecule has 1 aliphatic heterocycles. The Morgan fingerprint density at radius 2 is 1.45 bits per heavy atom. The number of hydrogen-bond donors (Lipinski definition) is 0. The molecule has 0 N–H and O–H groups in total. The van der Waals surface area contributed by atoms with E-state index in [1.54, 1.807) is 0 Å². The second kappa shape index (κ2) is 6.31. The fourth-order valence-corrected chi connectivity index (χ4v) is 3.76. The van der Waals surface area contributed by atoms with Crippen LogP contribution in [0.4, 0.5) is 0 Å². The molecule has 0 saturated heterocycles. The monoisotopic (exact) mass is 376 g/mol. The van der Waals surface area contributed by atoms with Gasteiger partial charge >= 0.3 is 0 Å². The number of nitrogens with zero attached hydrogens (tertiary/aromatic N) is 2. The second-order valence-electron chi connectivity index (χ2n) is 7.12. The van der Waals surface area contributed by atoms with Crippen LogP contribution in [0.1, 0.15) is 0 Å². The second-order valence-corrected chi connectivity index (χ2v) is 7.12. The summed E-state index contributed by atoms with van der Waals surface area (Å²) in [6, 6.07) is 24.8. The number of para-hydroxylation sites is 1. The molecule has 0 saturated carbocycles. The molecule has 5 aromatic rings. The van der Waals surface area contributed by atoms with Crippen molar-refractivity contribution < 1.29 is 9.47 Å². The quantitative estimate of drug-likeness (QED) is 0.388. The van der Waals surface area contributed by atoms with Gasteiger partial charge in [0, 0.05) is 34.3 Å². The normalized spacial score (nSPS) is 12.6. The van der Waals surface area contributed by atoms with Crippen molar-refractivity contribution in [1.29, 1.82) is 0 Å². The van der Waals surface area contributed by atoms with E-state index >= 15 is 0 Å². The van der Waals surface area contributed by atoms with Crippen LogP contribution in [-0.2, 0) is 0 Å². The van der Waals surface area contributed by atoms with Crippen molar-refractivity contribution in [2.45, 2.75) is 0 Å². The molecule has 4 nitrogen and oxygen atoms in total. The fraction of sp³-hybridized carbons (Fsp3) is 0.0400. The molecule has 0 radical (unpaired) electrons. The van der Waals surface area contributed by atoms with Gasteiger partial charge in [-0.2, -0.15) is 0 Å². The van der Waals surface area contributed by atoms with E-state index in [1.165, 1.54) is 0 Å².